The van der Waals surface area contributed by atoms with Crippen LogP contribution in [0.5, 0.6) is 0 Å². The number of nitriles is 1. The fraction of sp³-hybridized carbons (Fsp3) is 0.0909. The molecule has 2 amide bonds. The van der Waals surface area contributed by atoms with Crippen molar-refractivity contribution in [3.05, 3.63) is 94.3 Å². The molecule has 8 heteroatoms. The van der Waals surface area contributed by atoms with Gasteiger partial charge in [-0.1, -0.05) is 29.8 Å². The van der Waals surface area contributed by atoms with Crippen LogP contribution in [0.3, 0.4) is 0 Å². The smallest absolute Gasteiger partial charge is 0.251 e. The summed E-state index contributed by atoms with van der Waals surface area (Å²) in [5.41, 5.74) is 8.17. The van der Waals surface area contributed by atoms with Crippen LogP contribution in [0, 0.1) is 11.3 Å². The van der Waals surface area contributed by atoms with E-state index in [0.717, 1.165) is 0 Å². The number of hydrogen-bond acceptors (Lipinski definition) is 5. The summed E-state index contributed by atoms with van der Waals surface area (Å²) in [6, 6.07) is 16.2. The lowest BCUT2D eigenvalue weighted by Gasteiger charge is -2.20. The average molecular weight is 420 g/mol. The minimum absolute atomic E-state index is 0.165. The standard InChI is InChI=1S/C22H18ClN5O2/c23-18-5-1-3-15(10-18)22(30)27-13-16-7-6-14(11-24)9-19(16)28-20(21(25)29)17-4-2-8-26-12-17/h1-10,12,20,28H,13H2,(H2,25,29)(H,27,30). The molecule has 3 rings (SSSR count). The van der Waals surface area contributed by atoms with Crippen molar-refractivity contribution in [2.75, 3.05) is 5.32 Å². The molecule has 0 bridgehead atoms. The SMILES string of the molecule is N#Cc1ccc(CNC(=O)c2cccc(Cl)c2)c(NC(C(N)=O)c2cccnc2)c1. The molecule has 1 aromatic heterocycles. The monoisotopic (exact) mass is 419 g/mol. The summed E-state index contributed by atoms with van der Waals surface area (Å²) in [6.45, 7) is 0.165. The van der Waals surface area contributed by atoms with Crippen LogP contribution in [-0.4, -0.2) is 16.8 Å². The highest BCUT2D eigenvalue weighted by molar-refractivity contribution is 6.30. The molecule has 3 aromatic rings. The molecule has 4 N–H and O–H groups in total. The summed E-state index contributed by atoms with van der Waals surface area (Å²) < 4.78 is 0. The largest absolute Gasteiger partial charge is 0.370 e. The Morgan fingerprint density at radius 2 is 2.00 bits per heavy atom. The van der Waals surface area contributed by atoms with Crippen LogP contribution < -0.4 is 16.4 Å². The number of carbonyl (C=O) groups excluding carboxylic acids is 2. The average Bonchev–Trinajstić information content (AvgIpc) is 2.76. The Labute approximate surface area is 178 Å². The highest BCUT2D eigenvalue weighted by Crippen LogP contribution is 2.24. The van der Waals surface area contributed by atoms with Gasteiger partial charge in [0.05, 0.1) is 11.6 Å². The molecule has 2 aromatic carbocycles. The van der Waals surface area contributed by atoms with Gasteiger partial charge in [0.15, 0.2) is 0 Å². The highest BCUT2D eigenvalue weighted by atomic mass is 35.5. The first-order chi connectivity index (χ1) is 14.5. The second kappa shape index (κ2) is 9.54. The van der Waals surface area contributed by atoms with Crippen LogP contribution in [0.4, 0.5) is 5.69 Å². The third kappa shape index (κ3) is 5.13. The van der Waals surface area contributed by atoms with E-state index in [0.29, 0.717) is 33.0 Å². The van der Waals surface area contributed by atoms with Crippen LogP contribution >= 0.6 is 11.6 Å². The number of hydrogen-bond donors (Lipinski definition) is 3. The van der Waals surface area contributed by atoms with Gasteiger partial charge in [-0.3, -0.25) is 14.6 Å². The molecule has 1 heterocycles. The van der Waals surface area contributed by atoms with E-state index in [1.54, 1.807) is 60.8 Å². The lowest BCUT2D eigenvalue weighted by atomic mass is 10.0. The van der Waals surface area contributed by atoms with Gasteiger partial charge in [-0.05, 0) is 42.0 Å². The first-order valence-electron chi connectivity index (χ1n) is 9.00. The Kier molecular flexibility index (Phi) is 6.63. The molecular formula is C22H18ClN5O2. The number of nitrogens with zero attached hydrogens (tertiary/aromatic N) is 2. The van der Waals surface area contributed by atoms with Crippen LogP contribution in [0.1, 0.15) is 33.1 Å². The number of amides is 2. The topological polar surface area (TPSA) is 121 Å². The molecule has 0 saturated heterocycles. The van der Waals surface area contributed by atoms with E-state index in [4.69, 9.17) is 17.3 Å². The van der Waals surface area contributed by atoms with Gasteiger partial charge in [-0.2, -0.15) is 5.26 Å². The highest BCUT2D eigenvalue weighted by Gasteiger charge is 2.19. The van der Waals surface area contributed by atoms with E-state index < -0.39 is 11.9 Å². The second-order valence-electron chi connectivity index (χ2n) is 6.44. The minimum Gasteiger partial charge on any atom is -0.370 e. The lowest BCUT2D eigenvalue weighted by Crippen LogP contribution is -2.29. The maximum atomic E-state index is 12.4. The Bertz CT molecular complexity index is 1110. The number of anilines is 1. The molecule has 7 nitrogen and oxygen atoms in total. The molecule has 0 aliphatic rings. The van der Waals surface area contributed by atoms with Crippen molar-refractivity contribution in [1.29, 1.82) is 5.26 Å². The molecule has 0 aliphatic heterocycles. The van der Waals surface area contributed by atoms with Gasteiger partial charge in [-0.15, -0.1) is 0 Å². The number of halogens is 1. The maximum Gasteiger partial charge on any atom is 0.251 e. The number of pyridine rings is 1. The summed E-state index contributed by atoms with van der Waals surface area (Å²) in [6.07, 6.45) is 3.13. The summed E-state index contributed by atoms with van der Waals surface area (Å²) in [4.78, 5) is 28.5. The van der Waals surface area contributed by atoms with Crippen molar-refractivity contribution >= 4 is 29.1 Å². The van der Waals surface area contributed by atoms with Crippen molar-refractivity contribution in [3.63, 3.8) is 0 Å². The van der Waals surface area contributed by atoms with Crippen LogP contribution in [0.15, 0.2) is 67.0 Å². The molecule has 0 spiro atoms. The Balaban J connectivity index is 1.84. The van der Waals surface area contributed by atoms with Crippen LogP contribution in [0.25, 0.3) is 0 Å². The number of rotatable bonds is 7. The molecule has 0 fully saturated rings. The molecule has 0 radical (unpaired) electrons. The van der Waals surface area contributed by atoms with Crippen LogP contribution in [-0.2, 0) is 11.3 Å². The number of nitrogens with one attached hydrogen (secondary N) is 2. The predicted octanol–water partition coefficient (Wildman–Crippen LogP) is 3.18. The van der Waals surface area contributed by atoms with Gasteiger partial charge in [-0.25, -0.2) is 0 Å². The van der Waals surface area contributed by atoms with Crippen LogP contribution in [0.2, 0.25) is 5.02 Å². The molecule has 30 heavy (non-hydrogen) atoms. The van der Waals surface area contributed by atoms with Crippen molar-refractivity contribution in [3.8, 4) is 6.07 Å². The van der Waals surface area contributed by atoms with Gasteiger partial charge in [0, 0.05) is 40.8 Å². The van der Waals surface area contributed by atoms with E-state index >= 15 is 0 Å². The van der Waals surface area contributed by atoms with Crippen molar-refractivity contribution in [2.45, 2.75) is 12.6 Å². The third-order valence-electron chi connectivity index (χ3n) is 4.37. The number of nitrogens with two attached hydrogens (primary N) is 1. The van der Waals surface area contributed by atoms with Gasteiger partial charge < -0.3 is 16.4 Å². The normalized spacial score (nSPS) is 11.2. The Morgan fingerprint density at radius 1 is 1.17 bits per heavy atom. The molecule has 1 atom stereocenters. The van der Waals surface area contributed by atoms with Gasteiger partial charge in [0.25, 0.3) is 5.91 Å². The van der Waals surface area contributed by atoms with Crippen molar-refractivity contribution in [1.82, 2.24) is 10.3 Å². The van der Waals surface area contributed by atoms with Gasteiger partial charge in [0.1, 0.15) is 6.04 Å². The van der Waals surface area contributed by atoms with E-state index in [9.17, 15) is 14.9 Å². The lowest BCUT2D eigenvalue weighted by molar-refractivity contribution is -0.118. The number of benzene rings is 2. The summed E-state index contributed by atoms with van der Waals surface area (Å²) >= 11 is 5.94. The third-order valence-corrected chi connectivity index (χ3v) is 4.60. The first-order valence-corrected chi connectivity index (χ1v) is 9.38. The Hall–Kier alpha value is -3.89. The van der Waals surface area contributed by atoms with Gasteiger partial charge in [0.2, 0.25) is 5.91 Å². The maximum absolute atomic E-state index is 12.4. The molecule has 0 aliphatic carbocycles. The zero-order chi connectivity index (χ0) is 21.5. The van der Waals surface area contributed by atoms with E-state index in [2.05, 4.69) is 21.7 Å². The zero-order valence-corrected chi connectivity index (χ0v) is 16.6. The van der Waals surface area contributed by atoms with Crippen molar-refractivity contribution < 1.29 is 9.59 Å². The predicted molar refractivity (Wildman–Crippen MR) is 114 cm³/mol. The minimum atomic E-state index is -0.852. The second-order valence-corrected chi connectivity index (χ2v) is 6.88. The van der Waals surface area contributed by atoms with Crippen molar-refractivity contribution in [2.24, 2.45) is 5.73 Å². The molecule has 0 saturated carbocycles. The molecule has 1 unspecified atom stereocenters. The summed E-state index contributed by atoms with van der Waals surface area (Å²) in [5.74, 6) is -0.897. The quantitative estimate of drug-likeness (QED) is 0.543. The van der Waals surface area contributed by atoms with E-state index in [-0.39, 0.29) is 12.5 Å². The molecule has 150 valence electrons. The Morgan fingerprint density at radius 3 is 2.67 bits per heavy atom. The van der Waals surface area contributed by atoms with E-state index in [1.807, 2.05) is 0 Å². The summed E-state index contributed by atoms with van der Waals surface area (Å²) in [5, 5.41) is 15.6. The fourth-order valence-corrected chi connectivity index (χ4v) is 3.05. The first kappa shape index (κ1) is 20.8. The number of carbonyl (C=O) groups is 2. The summed E-state index contributed by atoms with van der Waals surface area (Å²) in [7, 11) is 0. The van der Waals surface area contributed by atoms with E-state index in [1.165, 1.54) is 6.20 Å². The fourth-order valence-electron chi connectivity index (χ4n) is 2.86. The number of aromatic nitrogens is 1. The molecular weight excluding hydrogens is 402 g/mol. The zero-order valence-electron chi connectivity index (χ0n) is 15.8. The van der Waals surface area contributed by atoms with Gasteiger partial charge >= 0.3 is 0 Å². The number of primary amides is 1.